The minimum absolute atomic E-state index is 0.373. The Kier molecular flexibility index (Phi) is 4.28. The summed E-state index contributed by atoms with van der Waals surface area (Å²) in [5.41, 5.74) is 1.84. The monoisotopic (exact) mass is 339 g/mol. The smallest absolute Gasteiger partial charge is 0.158 e. The van der Waals surface area contributed by atoms with E-state index in [9.17, 15) is 0 Å². The third-order valence-electron chi connectivity index (χ3n) is 4.34. The van der Waals surface area contributed by atoms with Gasteiger partial charge in [0.25, 0.3) is 0 Å². The highest BCUT2D eigenvalue weighted by atomic mass is 35.5. The van der Waals surface area contributed by atoms with Crippen molar-refractivity contribution in [1.82, 2.24) is 20.5 Å². The minimum Gasteiger partial charge on any atom is -0.364 e. The summed E-state index contributed by atoms with van der Waals surface area (Å²) < 4.78 is 0. The molecule has 4 rings (SSSR count). The molecule has 6 heteroatoms. The van der Waals surface area contributed by atoms with Gasteiger partial charge < -0.3 is 10.6 Å². The number of anilines is 1. The zero-order chi connectivity index (χ0) is 16.4. The second-order valence-corrected chi connectivity index (χ2v) is 6.45. The van der Waals surface area contributed by atoms with Crippen LogP contribution < -0.4 is 10.6 Å². The van der Waals surface area contributed by atoms with E-state index in [2.05, 4.69) is 25.8 Å². The number of hydrogen-bond donors (Lipinski definition) is 2. The predicted molar refractivity (Wildman–Crippen MR) is 97.3 cm³/mol. The van der Waals surface area contributed by atoms with Crippen LogP contribution in [-0.4, -0.2) is 34.3 Å². The molecule has 0 bridgehead atoms. The van der Waals surface area contributed by atoms with Crippen LogP contribution in [0.3, 0.4) is 0 Å². The molecule has 1 unspecified atom stereocenters. The first-order chi connectivity index (χ1) is 11.8. The van der Waals surface area contributed by atoms with E-state index >= 15 is 0 Å². The van der Waals surface area contributed by atoms with Crippen molar-refractivity contribution in [1.29, 1.82) is 0 Å². The molecule has 1 aromatic carbocycles. The fourth-order valence-corrected chi connectivity index (χ4v) is 3.22. The molecule has 1 atom stereocenters. The first-order valence-electron chi connectivity index (χ1n) is 8.15. The molecule has 122 valence electrons. The molecule has 1 aliphatic heterocycles. The van der Waals surface area contributed by atoms with E-state index in [0.717, 1.165) is 47.4 Å². The molecule has 0 aliphatic carbocycles. The molecule has 3 aromatic rings. The highest BCUT2D eigenvalue weighted by Crippen LogP contribution is 2.30. The molecule has 0 radical (unpaired) electrons. The van der Waals surface area contributed by atoms with Crippen LogP contribution >= 0.6 is 11.6 Å². The van der Waals surface area contributed by atoms with Gasteiger partial charge in [0.1, 0.15) is 5.69 Å². The van der Waals surface area contributed by atoms with Crippen LogP contribution in [0.15, 0.2) is 42.7 Å². The van der Waals surface area contributed by atoms with E-state index in [4.69, 9.17) is 11.6 Å². The van der Waals surface area contributed by atoms with Crippen molar-refractivity contribution < 1.29 is 0 Å². The number of aromatic nitrogens is 3. The summed E-state index contributed by atoms with van der Waals surface area (Å²) in [7, 11) is 0. The predicted octanol–water partition coefficient (Wildman–Crippen LogP) is 3.51. The van der Waals surface area contributed by atoms with Crippen LogP contribution in [0.5, 0.6) is 0 Å². The van der Waals surface area contributed by atoms with Gasteiger partial charge >= 0.3 is 0 Å². The molecule has 1 aliphatic rings. The van der Waals surface area contributed by atoms with Gasteiger partial charge in [-0.15, -0.1) is 10.2 Å². The lowest BCUT2D eigenvalue weighted by Gasteiger charge is -2.24. The summed E-state index contributed by atoms with van der Waals surface area (Å²) in [4.78, 5) is 4.27. The Hall–Kier alpha value is -2.24. The molecule has 0 amide bonds. The fourth-order valence-electron chi connectivity index (χ4n) is 3.09. The average Bonchev–Trinajstić information content (AvgIpc) is 2.64. The van der Waals surface area contributed by atoms with Gasteiger partial charge in [0.2, 0.25) is 0 Å². The Morgan fingerprint density at radius 1 is 1.08 bits per heavy atom. The lowest BCUT2D eigenvalue weighted by molar-refractivity contribution is 0.479. The van der Waals surface area contributed by atoms with Crippen LogP contribution in [0, 0.1) is 0 Å². The average molecular weight is 340 g/mol. The molecule has 2 aromatic heterocycles. The van der Waals surface area contributed by atoms with Crippen molar-refractivity contribution in [3.63, 3.8) is 0 Å². The molecular formula is C18H18ClN5. The van der Waals surface area contributed by atoms with Crippen LogP contribution in [0.4, 0.5) is 5.82 Å². The van der Waals surface area contributed by atoms with Gasteiger partial charge in [0.15, 0.2) is 5.82 Å². The summed E-state index contributed by atoms with van der Waals surface area (Å²) in [5, 5.41) is 18.6. The Morgan fingerprint density at radius 3 is 2.75 bits per heavy atom. The Labute approximate surface area is 145 Å². The summed E-state index contributed by atoms with van der Waals surface area (Å²) in [6, 6.07) is 10.0. The molecule has 24 heavy (non-hydrogen) atoms. The third kappa shape index (κ3) is 3.05. The van der Waals surface area contributed by atoms with Crippen molar-refractivity contribution in [2.45, 2.75) is 18.9 Å². The number of piperidine rings is 1. The van der Waals surface area contributed by atoms with Crippen molar-refractivity contribution in [2.24, 2.45) is 0 Å². The van der Waals surface area contributed by atoms with Crippen molar-refractivity contribution >= 4 is 28.2 Å². The van der Waals surface area contributed by atoms with Gasteiger partial charge in [-0.25, -0.2) is 0 Å². The zero-order valence-electron chi connectivity index (χ0n) is 13.2. The van der Waals surface area contributed by atoms with Crippen molar-refractivity contribution in [3.8, 4) is 11.3 Å². The van der Waals surface area contributed by atoms with E-state index in [-0.39, 0.29) is 0 Å². The second-order valence-electron chi connectivity index (χ2n) is 6.01. The number of hydrogen-bond acceptors (Lipinski definition) is 5. The zero-order valence-corrected chi connectivity index (χ0v) is 13.9. The highest BCUT2D eigenvalue weighted by molar-refractivity contribution is 6.30. The van der Waals surface area contributed by atoms with Gasteiger partial charge in [-0.05, 0) is 37.6 Å². The maximum atomic E-state index is 5.99. The number of halogens is 1. The van der Waals surface area contributed by atoms with E-state index in [1.165, 1.54) is 6.42 Å². The molecule has 0 saturated carbocycles. The second kappa shape index (κ2) is 6.71. The first kappa shape index (κ1) is 15.3. The summed E-state index contributed by atoms with van der Waals surface area (Å²) in [6.07, 6.45) is 5.94. The minimum atomic E-state index is 0.373. The Morgan fingerprint density at radius 2 is 1.96 bits per heavy atom. The largest absolute Gasteiger partial charge is 0.364 e. The molecule has 1 fully saturated rings. The van der Waals surface area contributed by atoms with Crippen LogP contribution in [0.25, 0.3) is 22.0 Å². The summed E-state index contributed by atoms with van der Waals surface area (Å²) in [6.45, 7) is 2.03. The molecule has 3 heterocycles. The van der Waals surface area contributed by atoms with Crippen LogP contribution in [-0.2, 0) is 0 Å². The molecule has 5 nitrogen and oxygen atoms in total. The molecule has 0 spiro atoms. The fraction of sp³-hybridized carbons (Fsp3) is 0.278. The molecular weight excluding hydrogens is 322 g/mol. The first-order valence-corrected chi connectivity index (χ1v) is 8.52. The van der Waals surface area contributed by atoms with Gasteiger partial charge in [0, 0.05) is 46.3 Å². The summed E-state index contributed by atoms with van der Waals surface area (Å²) >= 11 is 5.99. The van der Waals surface area contributed by atoms with Gasteiger partial charge in [-0.2, -0.15) is 0 Å². The third-order valence-corrected chi connectivity index (χ3v) is 4.59. The van der Waals surface area contributed by atoms with Gasteiger partial charge in [-0.1, -0.05) is 23.7 Å². The van der Waals surface area contributed by atoms with Crippen LogP contribution in [0.1, 0.15) is 12.8 Å². The van der Waals surface area contributed by atoms with E-state index in [1.54, 1.807) is 6.20 Å². The maximum Gasteiger partial charge on any atom is 0.158 e. The standard InChI is InChI=1S/C18H18ClN5/c19-13-5-3-12(4-6-13)17-15-7-9-21-11-16(15)18(24-23-17)22-14-2-1-8-20-10-14/h3-7,9,11,14,20H,1-2,8,10H2,(H,22,24). The molecule has 2 N–H and O–H groups in total. The van der Waals surface area contributed by atoms with Crippen molar-refractivity contribution in [3.05, 3.63) is 47.7 Å². The number of benzene rings is 1. The lowest BCUT2D eigenvalue weighted by atomic mass is 10.1. The van der Waals surface area contributed by atoms with Gasteiger partial charge in [0.05, 0.1) is 0 Å². The molecule has 1 saturated heterocycles. The number of fused-ring (bicyclic) bond motifs is 1. The lowest BCUT2D eigenvalue weighted by Crippen LogP contribution is -2.38. The van der Waals surface area contributed by atoms with E-state index < -0.39 is 0 Å². The van der Waals surface area contributed by atoms with E-state index in [0.29, 0.717) is 11.1 Å². The van der Waals surface area contributed by atoms with Crippen LogP contribution in [0.2, 0.25) is 5.02 Å². The topological polar surface area (TPSA) is 62.7 Å². The number of nitrogens with zero attached hydrogens (tertiary/aromatic N) is 3. The van der Waals surface area contributed by atoms with Crippen molar-refractivity contribution in [2.75, 3.05) is 18.4 Å². The summed E-state index contributed by atoms with van der Waals surface area (Å²) in [5.74, 6) is 0.796. The SMILES string of the molecule is Clc1ccc(-c2nnc(NC3CCCNC3)c3cnccc23)cc1. The number of nitrogens with one attached hydrogen (secondary N) is 2. The Bertz CT molecular complexity index is 844. The maximum absolute atomic E-state index is 5.99. The number of pyridine rings is 1. The highest BCUT2D eigenvalue weighted by Gasteiger charge is 2.16. The quantitative estimate of drug-likeness (QED) is 0.764. The number of rotatable bonds is 3. The van der Waals surface area contributed by atoms with Gasteiger partial charge in [-0.3, -0.25) is 4.98 Å². The Balaban J connectivity index is 1.75. The van der Waals surface area contributed by atoms with E-state index in [1.807, 2.05) is 36.5 Å². The normalized spacial score (nSPS) is 17.8.